The Balaban J connectivity index is 0.00000162. The van der Waals surface area contributed by atoms with E-state index in [4.69, 9.17) is 4.74 Å². The van der Waals surface area contributed by atoms with Gasteiger partial charge in [0.2, 0.25) is 0 Å². The van der Waals surface area contributed by atoms with Crippen molar-refractivity contribution in [1.29, 1.82) is 0 Å². The normalized spacial score (nSPS) is 21.6. The number of carbonyl (C=O) groups excluding carboxylic acids is 1. The minimum absolute atomic E-state index is 0. The Kier molecular flexibility index (Phi) is 4.22. The standard InChI is InChI=1S/C13H16FNO2.ClH/c1-8-9(5-4-6-10(8)14)11-13(2,3)7-17-12(16)15-11;/h4-6,11H,7H2,1-3H3,(H,15,16);1H/t11-;/m0./s1. The third-order valence-corrected chi connectivity index (χ3v) is 3.24. The van der Waals surface area contributed by atoms with E-state index in [2.05, 4.69) is 5.32 Å². The van der Waals surface area contributed by atoms with Crippen LogP contribution in [0.15, 0.2) is 18.2 Å². The molecule has 1 fully saturated rings. The summed E-state index contributed by atoms with van der Waals surface area (Å²) in [4.78, 5) is 11.3. The van der Waals surface area contributed by atoms with E-state index in [1.807, 2.05) is 19.9 Å². The number of nitrogens with one attached hydrogen (secondary N) is 1. The molecule has 2 rings (SSSR count). The molecule has 1 heterocycles. The van der Waals surface area contributed by atoms with Gasteiger partial charge in [0, 0.05) is 5.41 Å². The minimum Gasteiger partial charge on any atom is -0.449 e. The highest BCUT2D eigenvalue weighted by molar-refractivity contribution is 5.85. The van der Waals surface area contributed by atoms with Gasteiger partial charge in [0.15, 0.2) is 0 Å². The lowest BCUT2D eigenvalue weighted by Gasteiger charge is -2.39. The molecule has 0 aromatic heterocycles. The Bertz CT molecular complexity index is 462. The molecule has 0 radical (unpaired) electrons. The highest BCUT2D eigenvalue weighted by atomic mass is 35.5. The molecule has 1 saturated heterocycles. The first kappa shape index (κ1) is 14.8. The summed E-state index contributed by atoms with van der Waals surface area (Å²) < 4.78 is 18.5. The maximum Gasteiger partial charge on any atom is 0.407 e. The molecule has 1 aliphatic rings. The molecule has 1 aliphatic heterocycles. The Morgan fingerprint density at radius 1 is 1.44 bits per heavy atom. The Hall–Kier alpha value is -1.29. The fraction of sp³-hybridized carbons (Fsp3) is 0.462. The predicted octanol–water partition coefficient (Wildman–Crippen LogP) is 3.36. The third kappa shape index (κ3) is 2.58. The molecule has 0 spiro atoms. The molecule has 1 aromatic rings. The number of amides is 1. The molecule has 5 heteroatoms. The Labute approximate surface area is 112 Å². The number of carbonyl (C=O) groups is 1. The fourth-order valence-electron chi connectivity index (χ4n) is 2.13. The van der Waals surface area contributed by atoms with Gasteiger partial charge in [-0.3, -0.25) is 0 Å². The smallest absolute Gasteiger partial charge is 0.407 e. The number of cyclic esters (lactones) is 1. The van der Waals surface area contributed by atoms with Crippen molar-refractivity contribution in [3.63, 3.8) is 0 Å². The third-order valence-electron chi connectivity index (χ3n) is 3.24. The first-order valence-electron chi connectivity index (χ1n) is 5.60. The molecular weight excluding hydrogens is 257 g/mol. The van der Waals surface area contributed by atoms with Gasteiger partial charge >= 0.3 is 6.09 Å². The maximum absolute atomic E-state index is 13.5. The average Bonchev–Trinajstić information content (AvgIpc) is 2.26. The topological polar surface area (TPSA) is 38.3 Å². The van der Waals surface area contributed by atoms with Crippen LogP contribution in [0.4, 0.5) is 9.18 Å². The monoisotopic (exact) mass is 273 g/mol. The van der Waals surface area contributed by atoms with Gasteiger partial charge in [-0.2, -0.15) is 0 Å². The van der Waals surface area contributed by atoms with E-state index >= 15 is 0 Å². The highest BCUT2D eigenvalue weighted by Crippen LogP contribution is 2.37. The van der Waals surface area contributed by atoms with Gasteiger partial charge in [0.1, 0.15) is 12.4 Å². The quantitative estimate of drug-likeness (QED) is 0.852. The number of ether oxygens (including phenoxy) is 1. The molecule has 0 aliphatic carbocycles. The first-order chi connectivity index (χ1) is 7.92. The molecular formula is C13H17ClFNO2. The van der Waals surface area contributed by atoms with E-state index < -0.39 is 6.09 Å². The zero-order valence-corrected chi connectivity index (χ0v) is 11.4. The van der Waals surface area contributed by atoms with Gasteiger partial charge in [-0.1, -0.05) is 26.0 Å². The number of hydrogen-bond donors (Lipinski definition) is 1. The van der Waals surface area contributed by atoms with Crippen LogP contribution in [-0.2, 0) is 4.74 Å². The second kappa shape index (κ2) is 5.14. The molecule has 0 bridgehead atoms. The summed E-state index contributed by atoms with van der Waals surface area (Å²) in [5.41, 5.74) is 1.13. The molecule has 100 valence electrons. The van der Waals surface area contributed by atoms with E-state index in [-0.39, 0.29) is 29.7 Å². The maximum atomic E-state index is 13.5. The lowest BCUT2D eigenvalue weighted by atomic mass is 9.79. The second-order valence-electron chi connectivity index (χ2n) is 5.10. The van der Waals surface area contributed by atoms with Crippen molar-refractivity contribution in [3.05, 3.63) is 35.1 Å². The van der Waals surface area contributed by atoms with Crippen LogP contribution in [0, 0.1) is 18.2 Å². The molecule has 1 aromatic carbocycles. The number of alkyl carbamates (subject to hydrolysis) is 1. The number of benzene rings is 1. The van der Waals surface area contributed by atoms with E-state index in [0.29, 0.717) is 12.2 Å². The van der Waals surface area contributed by atoms with Crippen LogP contribution in [0.1, 0.15) is 31.0 Å². The van der Waals surface area contributed by atoms with E-state index in [9.17, 15) is 9.18 Å². The molecule has 18 heavy (non-hydrogen) atoms. The molecule has 0 saturated carbocycles. The van der Waals surface area contributed by atoms with Crippen molar-refractivity contribution in [2.75, 3.05) is 6.61 Å². The predicted molar refractivity (Wildman–Crippen MR) is 69.4 cm³/mol. The van der Waals surface area contributed by atoms with Gasteiger partial charge in [-0.15, -0.1) is 12.4 Å². The first-order valence-corrected chi connectivity index (χ1v) is 5.60. The Morgan fingerprint density at radius 3 is 2.78 bits per heavy atom. The summed E-state index contributed by atoms with van der Waals surface area (Å²) in [6.07, 6.45) is -0.446. The van der Waals surface area contributed by atoms with Crippen LogP contribution >= 0.6 is 12.4 Å². The van der Waals surface area contributed by atoms with Gasteiger partial charge in [-0.05, 0) is 24.1 Å². The van der Waals surface area contributed by atoms with Crippen LogP contribution < -0.4 is 5.32 Å². The summed E-state index contributed by atoms with van der Waals surface area (Å²) in [5, 5.41) is 2.76. The van der Waals surface area contributed by atoms with Crippen LogP contribution in [-0.4, -0.2) is 12.7 Å². The van der Waals surface area contributed by atoms with Crippen LogP contribution in [0.5, 0.6) is 0 Å². The molecule has 1 N–H and O–H groups in total. The van der Waals surface area contributed by atoms with E-state index in [1.165, 1.54) is 6.07 Å². The minimum atomic E-state index is -0.446. The van der Waals surface area contributed by atoms with Crippen molar-refractivity contribution in [1.82, 2.24) is 5.32 Å². The van der Waals surface area contributed by atoms with Gasteiger partial charge in [-0.25, -0.2) is 9.18 Å². The SMILES string of the molecule is Cc1c(F)cccc1[C@@H]1NC(=O)OCC1(C)C.Cl. The highest BCUT2D eigenvalue weighted by Gasteiger charge is 2.38. The average molecular weight is 274 g/mol. The van der Waals surface area contributed by atoms with Crippen LogP contribution in [0.3, 0.4) is 0 Å². The summed E-state index contributed by atoms with van der Waals surface area (Å²) in [6, 6.07) is 4.71. The molecule has 1 atom stereocenters. The number of hydrogen-bond acceptors (Lipinski definition) is 2. The van der Waals surface area contributed by atoms with Crippen LogP contribution in [0.25, 0.3) is 0 Å². The van der Waals surface area contributed by atoms with Gasteiger partial charge in [0.25, 0.3) is 0 Å². The van der Waals surface area contributed by atoms with Gasteiger partial charge < -0.3 is 10.1 Å². The van der Waals surface area contributed by atoms with E-state index in [0.717, 1.165) is 5.56 Å². The zero-order chi connectivity index (χ0) is 12.6. The van der Waals surface area contributed by atoms with Crippen molar-refractivity contribution >= 4 is 18.5 Å². The molecule has 0 unspecified atom stereocenters. The van der Waals surface area contributed by atoms with Crippen molar-refractivity contribution in [3.8, 4) is 0 Å². The Morgan fingerprint density at radius 2 is 2.11 bits per heavy atom. The van der Waals surface area contributed by atoms with Gasteiger partial charge in [0.05, 0.1) is 6.04 Å². The van der Waals surface area contributed by atoms with Crippen molar-refractivity contribution < 1.29 is 13.9 Å². The summed E-state index contributed by atoms with van der Waals surface area (Å²) in [5.74, 6) is -0.251. The summed E-state index contributed by atoms with van der Waals surface area (Å²) in [6.45, 7) is 6.03. The van der Waals surface area contributed by atoms with Crippen molar-refractivity contribution in [2.45, 2.75) is 26.8 Å². The largest absolute Gasteiger partial charge is 0.449 e. The lowest BCUT2D eigenvalue weighted by Crippen LogP contribution is -2.47. The zero-order valence-electron chi connectivity index (χ0n) is 10.6. The summed E-state index contributed by atoms with van der Waals surface area (Å²) >= 11 is 0. The fourth-order valence-corrected chi connectivity index (χ4v) is 2.13. The number of rotatable bonds is 1. The van der Waals surface area contributed by atoms with Crippen LogP contribution in [0.2, 0.25) is 0 Å². The number of halogens is 2. The van der Waals surface area contributed by atoms with Crippen molar-refractivity contribution in [2.24, 2.45) is 5.41 Å². The second-order valence-corrected chi connectivity index (χ2v) is 5.10. The lowest BCUT2D eigenvalue weighted by molar-refractivity contribution is 0.0385. The van der Waals surface area contributed by atoms with E-state index in [1.54, 1.807) is 13.0 Å². The summed E-state index contributed by atoms with van der Waals surface area (Å²) in [7, 11) is 0. The molecule has 1 amide bonds. The molecule has 3 nitrogen and oxygen atoms in total.